The molecule has 0 rings (SSSR count). The molecule has 9 heteroatoms. The minimum atomic E-state index is -4.26. The normalized spacial score (nSPS) is 14.0. The number of carbonyl (C=O) groups excluding carboxylic acids is 2. The van der Waals surface area contributed by atoms with E-state index in [1.54, 1.807) is 0 Å². The highest BCUT2D eigenvalue weighted by atomic mass is 31.2. The number of hydrogen-bond donors (Lipinski definition) is 1. The standard InChI is InChI=1S/C39H69O8P/c1-4-6-8-10-12-14-16-17-18-19-20-21-22-23-24-26-28-30-32-34-39(41)47-37(36-46-48(42,43)44-3)35-45-38(40)33-31-29-27-25-15-13-11-9-7-5-2/h9,11-12,14,17-18,20-21,37H,4-8,10,13,15-16,19,22-36H2,1-3H3,(H,42,43)/b11-9-,14-12-,18-17-,21-20-. The number of esters is 2. The van der Waals surface area contributed by atoms with Gasteiger partial charge in [0.2, 0.25) is 0 Å². The van der Waals surface area contributed by atoms with Crippen molar-refractivity contribution in [3.05, 3.63) is 48.6 Å². The topological polar surface area (TPSA) is 108 Å². The van der Waals surface area contributed by atoms with Crippen molar-refractivity contribution in [2.45, 2.75) is 168 Å². The molecule has 0 aliphatic heterocycles. The second-order valence-corrected chi connectivity index (χ2v) is 13.9. The number of hydrogen-bond acceptors (Lipinski definition) is 7. The Bertz CT molecular complexity index is 927. The fourth-order valence-electron chi connectivity index (χ4n) is 4.84. The summed E-state index contributed by atoms with van der Waals surface area (Å²) in [5.74, 6) is -0.835. The molecular weight excluding hydrogens is 627 g/mol. The molecule has 0 aliphatic rings. The van der Waals surface area contributed by atoms with Crippen LogP contribution in [0, 0.1) is 0 Å². The van der Waals surface area contributed by atoms with Gasteiger partial charge in [-0.25, -0.2) is 4.57 Å². The third-order valence-electron chi connectivity index (χ3n) is 7.78. The zero-order chi connectivity index (χ0) is 35.4. The fourth-order valence-corrected chi connectivity index (χ4v) is 5.30. The van der Waals surface area contributed by atoms with E-state index in [0.717, 1.165) is 103 Å². The Morgan fingerprint density at radius 1 is 0.583 bits per heavy atom. The van der Waals surface area contributed by atoms with Crippen molar-refractivity contribution < 1.29 is 37.6 Å². The number of allylic oxidation sites excluding steroid dienone is 8. The minimum Gasteiger partial charge on any atom is -0.462 e. The van der Waals surface area contributed by atoms with Gasteiger partial charge in [-0.1, -0.05) is 127 Å². The number of carbonyl (C=O) groups is 2. The summed E-state index contributed by atoms with van der Waals surface area (Å²) in [5, 5.41) is 0. The van der Waals surface area contributed by atoms with E-state index < -0.39 is 26.5 Å². The van der Waals surface area contributed by atoms with Crippen molar-refractivity contribution in [2.75, 3.05) is 20.3 Å². The van der Waals surface area contributed by atoms with Gasteiger partial charge in [0.15, 0.2) is 6.10 Å². The third kappa shape index (κ3) is 33.9. The third-order valence-corrected chi connectivity index (χ3v) is 8.71. The fraction of sp³-hybridized carbons (Fsp3) is 0.744. The minimum absolute atomic E-state index is 0.227. The van der Waals surface area contributed by atoms with E-state index in [9.17, 15) is 19.0 Å². The van der Waals surface area contributed by atoms with Gasteiger partial charge in [-0.2, -0.15) is 0 Å². The Morgan fingerprint density at radius 3 is 1.58 bits per heavy atom. The van der Waals surface area contributed by atoms with E-state index in [0.29, 0.717) is 6.42 Å². The van der Waals surface area contributed by atoms with Crippen LogP contribution in [0.3, 0.4) is 0 Å². The molecule has 0 heterocycles. The van der Waals surface area contributed by atoms with Crippen LogP contribution in [-0.2, 0) is 32.7 Å². The maximum absolute atomic E-state index is 12.4. The maximum Gasteiger partial charge on any atom is 0.472 e. The molecular formula is C39H69O8P. The van der Waals surface area contributed by atoms with Gasteiger partial charge >= 0.3 is 19.8 Å². The molecule has 1 N–H and O–H groups in total. The average molecular weight is 697 g/mol. The van der Waals surface area contributed by atoms with Crippen LogP contribution >= 0.6 is 7.82 Å². The van der Waals surface area contributed by atoms with Gasteiger partial charge in [0.25, 0.3) is 0 Å². The van der Waals surface area contributed by atoms with Gasteiger partial charge in [-0.15, -0.1) is 0 Å². The van der Waals surface area contributed by atoms with Gasteiger partial charge in [0, 0.05) is 20.0 Å². The molecule has 0 fully saturated rings. The highest BCUT2D eigenvalue weighted by Gasteiger charge is 2.24. The molecule has 0 bridgehead atoms. The van der Waals surface area contributed by atoms with Crippen molar-refractivity contribution in [3.63, 3.8) is 0 Å². The van der Waals surface area contributed by atoms with Gasteiger partial charge in [-0.3, -0.25) is 18.6 Å². The number of phosphoric acid groups is 1. The molecule has 278 valence electrons. The van der Waals surface area contributed by atoms with Gasteiger partial charge in [-0.05, 0) is 70.6 Å². The van der Waals surface area contributed by atoms with E-state index in [4.69, 9.17) is 14.0 Å². The molecule has 0 saturated carbocycles. The van der Waals surface area contributed by atoms with Crippen LogP contribution in [0.25, 0.3) is 0 Å². The van der Waals surface area contributed by atoms with E-state index in [1.165, 1.54) is 32.1 Å². The Hall–Kier alpha value is -1.99. The Morgan fingerprint density at radius 2 is 1.04 bits per heavy atom. The first kappa shape index (κ1) is 46.0. The van der Waals surface area contributed by atoms with E-state index in [2.05, 4.69) is 67.0 Å². The molecule has 0 amide bonds. The molecule has 2 unspecified atom stereocenters. The Kier molecular flexibility index (Phi) is 33.4. The average Bonchev–Trinajstić information content (AvgIpc) is 3.07. The smallest absolute Gasteiger partial charge is 0.462 e. The first-order valence-corrected chi connectivity index (χ1v) is 20.3. The predicted octanol–water partition coefficient (Wildman–Crippen LogP) is 11.4. The van der Waals surface area contributed by atoms with Crippen LogP contribution in [0.1, 0.15) is 162 Å². The molecule has 0 spiro atoms. The molecule has 2 atom stereocenters. The molecule has 0 aromatic heterocycles. The first-order chi connectivity index (χ1) is 23.3. The van der Waals surface area contributed by atoms with Crippen molar-refractivity contribution in [3.8, 4) is 0 Å². The van der Waals surface area contributed by atoms with Gasteiger partial charge in [0.1, 0.15) is 6.61 Å². The summed E-state index contributed by atoms with van der Waals surface area (Å²) < 4.78 is 31.8. The molecule has 48 heavy (non-hydrogen) atoms. The molecule has 0 aromatic carbocycles. The second kappa shape index (κ2) is 34.9. The van der Waals surface area contributed by atoms with Crippen LogP contribution in [0.4, 0.5) is 0 Å². The zero-order valence-electron chi connectivity index (χ0n) is 30.6. The first-order valence-electron chi connectivity index (χ1n) is 18.8. The largest absolute Gasteiger partial charge is 0.472 e. The van der Waals surface area contributed by atoms with Gasteiger partial charge < -0.3 is 14.4 Å². The highest BCUT2D eigenvalue weighted by Crippen LogP contribution is 2.42. The summed E-state index contributed by atoms with van der Waals surface area (Å²) in [6.07, 6.45) is 40.2. The van der Waals surface area contributed by atoms with Crippen molar-refractivity contribution in [1.82, 2.24) is 0 Å². The van der Waals surface area contributed by atoms with Crippen molar-refractivity contribution in [2.24, 2.45) is 0 Å². The predicted molar refractivity (Wildman–Crippen MR) is 198 cm³/mol. The number of unbranched alkanes of at least 4 members (excludes halogenated alkanes) is 15. The molecule has 0 aromatic rings. The van der Waals surface area contributed by atoms with Crippen LogP contribution in [0.2, 0.25) is 0 Å². The lowest BCUT2D eigenvalue weighted by molar-refractivity contribution is -0.161. The second-order valence-electron chi connectivity index (χ2n) is 12.3. The molecule has 0 aliphatic carbocycles. The number of rotatable bonds is 34. The lowest BCUT2D eigenvalue weighted by Crippen LogP contribution is -2.29. The zero-order valence-corrected chi connectivity index (χ0v) is 31.5. The van der Waals surface area contributed by atoms with E-state index in [1.807, 2.05) is 0 Å². The number of phosphoric ester groups is 1. The maximum atomic E-state index is 12.4. The summed E-state index contributed by atoms with van der Waals surface area (Å²) in [6.45, 7) is 3.76. The molecule has 0 saturated heterocycles. The van der Waals surface area contributed by atoms with Gasteiger partial charge in [0.05, 0.1) is 6.61 Å². The number of ether oxygens (including phenoxy) is 2. The summed E-state index contributed by atoms with van der Waals surface area (Å²) in [7, 11) is -3.21. The van der Waals surface area contributed by atoms with Crippen LogP contribution < -0.4 is 0 Å². The van der Waals surface area contributed by atoms with Crippen LogP contribution in [0.5, 0.6) is 0 Å². The van der Waals surface area contributed by atoms with Crippen molar-refractivity contribution in [1.29, 1.82) is 0 Å². The summed E-state index contributed by atoms with van der Waals surface area (Å²) in [4.78, 5) is 34.3. The van der Waals surface area contributed by atoms with Crippen molar-refractivity contribution >= 4 is 19.8 Å². The highest BCUT2D eigenvalue weighted by molar-refractivity contribution is 7.47. The Balaban J connectivity index is 4.08. The van der Waals surface area contributed by atoms with E-state index in [-0.39, 0.29) is 25.4 Å². The Labute approximate surface area is 293 Å². The lowest BCUT2D eigenvalue weighted by Gasteiger charge is -2.19. The van der Waals surface area contributed by atoms with Crippen LogP contribution in [-0.4, -0.2) is 43.3 Å². The van der Waals surface area contributed by atoms with E-state index >= 15 is 0 Å². The monoisotopic (exact) mass is 696 g/mol. The summed E-state index contributed by atoms with van der Waals surface area (Å²) in [5.41, 5.74) is 0. The molecule has 8 nitrogen and oxygen atoms in total. The quantitative estimate of drug-likeness (QED) is 0.0306. The molecule has 0 radical (unpaired) electrons. The summed E-state index contributed by atoms with van der Waals surface area (Å²) in [6, 6.07) is 0. The summed E-state index contributed by atoms with van der Waals surface area (Å²) >= 11 is 0. The SMILES string of the molecule is CCC/C=C\CCCCCCCC(=O)OCC(COP(=O)(O)OC)OC(=O)CCCCCCCC/C=C\C/C=C\C/C=C\CCCCC. The lowest BCUT2D eigenvalue weighted by atomic mass is 10.1. The van der Waals surface area contributed by atoms with Crippen LogP contribution in [0.15, 0.2) is 48.6 Å².